The molecule has 4 aliphatic rings. The number of carbonyl (C=O) groups is 4. The molecule has 0 N–H and O–H groups in total. The largest absolute Gasteiger partial charge is 0.283 e. The van der Waals surface area contributed by atoms with E-state index >= 15 is 0 Å². The Morgan fingerprint density at radius 2 is 1.34 bits per heavy atom. The highest BCUT2D eigenvalue weighted by atomic mass is 16.6. The maximum Gasteiger partial charge on any atom is 0.283 e. The Morgan fingerprint density at radius 1 is 0.781 bits per heavy atom. The Labute approximate surface area is 181 Å². The number of hydrogen-bond donors (Lipinski definition) is 0. The smallest absolute Gasteiger partial charge is 0.274 e. The van der Waals surface area contributed by atoms with Crippen molar-refractivity contribution in [3.05, 3.63) is 63.7 Å². The first-order chi connectivity index (χ1) is 15.4. The molecule has 0 radical (unpaired) electrons. The van der Waals surface area contributed by atoms with Crippen molar-refractivity contribution in [1.82, 2.24) is 0 Å². The Kier molecular flexibility index (Phi) is 3.72. The maximum atomic E-state index is 13.0. The maximum absolute atomic E-state index is 13.0. The van der Waals surface area contributed by atoms with Gasteiger partial charge in [-0.3, -0.25) is 34.2 Å². The number of nitro benzene ring substituents is 1. The standard InChI is InChI=1S/C23H17N3O6/c27-20-15-2-1-3-16(26(31)32)19(15)23(30)24(20)13-6-8-14(9-7-13)25-21(28)17-11-4-5-12(10-11)18(17)22(25)29/h1-3,6-9,11-12,17-18H,4-5,10H2/t11-,12+,17-,18+. The molecule has 0 spiro atoms. The number of nitro groups is 1. The van der Waals surface area contributed by atoms with E-state index in [1.165, 1.54) is 47.4 Å². The Hall–Kier alpha value is -3.88. The Bertz CT molecular complexity index is 1220. The van der Waals surface area contributed by atoms with Gasteiger partial charge < -0.3 is 0 Å². The van der Waals surface area contributed by atoms with Crippen molar-refractivity contribution in [2.75, 3.05) is 9.80 Å². The van der Waals surface area contributed by atoms with Gasteiger partial charge in [-0.05, 0) is 61.4 Å². The van der Waals surface area contributed by atoms with Gasteiger partial charge in [0.1, 0.15) is 5.56 Å². The summed E-state index contributed by atoms with van der Waals surface area (Å²) < 4.78 is 0. The summed E-state index contributed by atoms with van der Waals surface area (Å²) in [6, 6.07) is 9.95. The number of anilines is 2. The molecule has 2 aromatic rings. The van der Waals surface area contributed by atoms with E-state index in [4.69, 9.17) is 0 Å². The van der Waals surface area contributed by atoms with Crippen LogP contribution in [-0.2, 0) is 9.59 Å². The van der Waals surface area contributed by atoms with Crippen LogP contribution in [0.3, 0.4) is 0 Å². The van der Waals surface area contributed by atoms with Crippen molar-refractivity contribution >= 4 is 40.7 Å². The summed E-state index contributed by atoms with van der Waals surface area (Å²) in [5.74, 6) is -1.69. The number of carbonyl (C=O) groups excluding carboxylic acids is 4. The minimum atomic E-state index is -0.774. The van der Waals surface area contributed by atoms with Gasteiger partial charge in [0.05, 0.1) is 33.7 Å². The first-order valence-corrected chi connectivity index (χ1v) is 10.5. The molecule has 9 heteroatoms. The number of nitrogens with zero attached hydrogens (tertiary/aromatic N) is 3. The minimum Gasteiger partial charge on any atom is -0.274 e. The van der Waals surface area contributed by atoms with Crippen LogP contribution in [0.15, 0.2) is 42.5 Å². The quantitative estimate of drug-likeness (QED) is 0.419. The lowest BCUT2D eigenvalue weighted by atomic mass is 9.81. The molecule has 1 saturated heterocycles. The molecule has 2 heterocycles. The number of rotatable bonds is 3. The summed E-state index contributed by atoms with van der Waals surface area (Å²) in [5, 5.41) is 11.3. The third-order valence-corrected chi connectivity index (χ3v) is 7.38. The molecule has 2 bridgehead atoms. The number of benzene rings is 2. The van der Waals surface area contributed by atoms with Gasteiger partial charge >= 0.3 is 0 Å². The van der Waals surface area contributed by atoms with Crippen LogP contribution in [0, 0.1) is 33.8 Å². The minimum absolute atomic E-state index is 0.0264. The van der Waals surface area contributed by atoms with Gasteiger partial charge in [0.25, 0.3) is 17.5 Å². The van der Waals surface area contributed by atoms with Crippen LogP contribution in [0.1, 0.15) is 40.0 Å². The molecule has 2 aliphatic carbocycles. The van der Waals surface area contributed by atoms with Crippen molar-refractivity contribution < 1.29 is 24.1 Å². The fourth-order valence-electron chi connectivity index (χ4n) is 6.07. The van der Waals surface area contributed by atoms with Gasteiger partial charge in [0.15, 0.2) is 0 Å². The number of imide groups is 2. The lowest BCUT2D eigenvalue weighted by Gasteiger charge is -2.19. The molecule has 4 atom stereocenters. The SMILES string of the molecule is O=C1c2cccc([N+](=O)[O-])c2C(=O)N1c1ccc(N2C(=O)[C@@H]3[C@@H]4CC[C@@H](C4)[C@@H]3C2=O)cc1. The molecule has 9 nitrogen and oxygen atoms in total. The molecule has 160 valence electrons. The van der Waals surface area contributed by atoms with Gasteiger partial charge in [0.2, 0.25) is 11.8 Å². The van der Waals surface area contributed by atoms with E-state index < -0.39 is 22.4 Å². The highest BCUT2D eigenvalue weighted by Gasteiger charge is 2.61. The number of fused-ring (bicyclic) bond motifs is 6. The van der Waals surface area contributed by atoms with Crippen LogP contribution in [0.4, 0.5) is 17.1 Å². The van der Waals surface area contributed by atoms with Gasteiger partial charge in [-0.25, -0.2) is 4.90 Å². The topological polar surface area (TPSA) is 118 Å². The highest BCUT2D eigenvalue weighted by Crippen LogP contribution is 2.56. The van der Waals surface area contributed by atoms with Crippen LogP contribution in [0.25, 0.3) is 0 Å². The van der Waals surface area contributed by atoms with Gasteiger partial charge in [-0.15, -0.1) is 0 Å². The zero-order valence-electron chi connectivity index (χ0n) is 16.8. The first kappa shape index (κ1) is 18.9. The summed E-state index contributed by atoms with van der Waals surface area (Å²) >= 11 is 0. The second-order valence-electron chi connectivity index (χ2n) is 8.82. The third kappa shape index (κ3) is 2.27. The summed E-state index contributed by atoms with van der Waals surface area (Å²) in [6.07, 6.45) is 2.93. The molecule has 4 amide bonds. The molecule has 3 fully saturated rings. The van der Waals surface area contributed by atoms with Crippen LogP contribution in [0.2, 0.25) is 0 Å². The average molecular weight is 431 g/mol. The summed E-state index contributed by atoms with van der Waals surface area (Å²) in [7, 11) is 0. The molecular formula is C23H17N3O6. The summed E-state index contributed by atoms with van der Waals surface area (Å²) in [4.78, 5) is 64.4. The molecular weight excluding hydrogens is 414 g/mol. The molecule has 2 aliphatic heterocycles. The van der Waals surface area contributed by atoms with Crippen molar-refractivity contribution in [1.29, 1.82) is 0 Å². The second kappa shape index (κ2) is 6.32. The van der Waals surface area contributed by atoms with Crippen LogP contribution >= 0.6 is 0 Å². The summed E-state index contributed by atoms with van der Waals surface area (Å²) in [6.45, 7) is 0. The van der Waals surface area contributed by atoms with Crippen molar-refractivity contribution in [2.24, 2.45) is 23.7 Å². The van der Waals surface area contributed by atoms with E-state index in [0.717, 1.165) is 24.2 Å². The molecule has 0 aromatic heterocycles. The van der Waals surface area contributed by atoms with Crippen LogP contribution < -0.4 is 9.80 Å². The van der Waals surface area contributed by atoms with Crippen molar-refractivity contribution in [3.8, 4) is 0 Å². The lowest BCUT2D eigenvalue weighted by molar-refractivity contribution is -0.385. The Morgan fingerprint density at radius 3 is 1.91 bits per heavy atom. The first-order valence-electron chi connectivity index (χ1n) is 10.5. The van der Waals surface area contributed by atoms with Gasteiger partial charge in [0, 0.05) is 6.07 Å². The molecule has 0 unspecified atom stereocenters. The second-order valence-corrected chi connectivity index (χ2v) is 8.82. The van der Waals surface area contributed by atoms with Crippen LogP contribution in [-0.4, -0.2) is 28.6 Å². The van der Waals surface area contributed by atoms with Crippen molar-refractivity contribution in [3.63, 3.8) is 0 Å². The molecule has 6 rings (SSSR count). The number of hydrogen-bond acceptors (Lipinski definition) is 6. The predicted molar refractivity (Wildman–Crippen MR) is 111 cm³/mol. The fraction of sp³-hybridized carbons (Fsp3) is 0.304. The van der Waals surface area contributed by atoms with Crippen molar-refractivity contribution in [2.45, 2.75) is 19.3 Å². The predicted octanol–water partition coefficient (Wildman–Crippen LogP) is 2.93. The number of amides is 4. The van der Waals surface area contributed by atoms with Gasteiger partial charge in [-0.1, -0.05) is 6.07 Å². The third-order valence-electron chi connectivity index (χ3n) is 7.38. The van der Waals surface area contributed by atoms with E-state index in [-0.39, 0.29) is 52.3 Å². The molecule has 2 aromatic carbocycles. The lowest BCUT2D eigenvalue weighted by Crippen LogP contribution is -2.33. The zero-order valence-corrected chi connectivity index (χ0v) is 16.8. The molecule has 2 saturated carbocycles. The highest BCUT2D eigenvalue weighted by molar-refractivity contribution is 6.35. The zero-order chi connectivity index (χ0) is 22.3. The Balaban J connectivity index is 1.32. The fourth-order valence-corrected chi connectivity index (χ4v) is 6.07. The van der Waals surface area contributed by atoms with Crippen LogP contribution in [0.5, 0.6) is 0 Å². The van der Waals surface area contributed by atoms with E-state index in [9.17, 15) is 29.3 Å². The summed E-state index contributed by atoms with van der Waals surface area (Å²) in [5.41, 5.74) is -0.0654. The van der Waals surface area contributed by atoms with E-state index in [1.54, 1.807) is 0 Å². The van der Waals surface area contributed by atoms with Gasteiger partial charge in [-0.2, -0.15) is 0 Å². The van der Waals surface area contributed by atoms with E-state index in [0.29, 0.717) is 5.69 Å². The van der Waals surface area contributed by atoms with E-state index in [1.807, 2.05) is 0 Å². The van der Waals surface area contributed by atoms with E-state index in [2.05, 4.69) is 0 Å². The monoisotopic (exact) mass is 431 g/mol. The normalized spacial score (nSPS) is 28.0. The average Bonchev–Trinajstić information content (AvgIpc) is 3.52. The molecule has 32 heavy (non-hydrogen) atoms.